The number of aromatic nitrogens is 2. The van der Waals surface area contributed by atoms with Crippen LogP contribution in [0.4, 0.5) is 0 Å². The van der Waals surface area contributed by atoms with Crippen LogP contribution in [-0.2, 0) is 6.42 Å². The number of nitrogens with zero attached hydrogens (tertiary/aromatic N) is 2. The Morgan fingerprint density at radius 2 is 2.18 bits per heavy atom. The molecule has 1 aromatic heterocycles. The molecular formula is C12H13ClN2O2. The number of phenols is 1. The molecule has 17 heavy (non-hydrogen) atoms. The molecular weight excluding hydrogens is 240 g/mol. The van der Waals surface area contributed by atoms with Crippen LogP contribution in [0.15, 0.2) is 22.7 Å². The van der Waals surface area contributed by atoms with Gasteiger partial charge in [0.1, 0.15) is 5.75 Å². The van der Waals surface area contributed by atoms with Gasteiger partial charge >= 0.3 is 0 Å². The van der Waals surface area contributed by atoms with Gasteiger partial charge in [-0.15, -0.1) is 0 Å². The van der Waals surface area contributed by atoms with Crippen molar-refractivity contribution < 1.29 is 9.63 Å². The van der Waals surface area contributed by atoms with E-state index >= 15 is 0 Å². The van der Waals surface area contributed by atoms with Crippen LogP contribution in [-0.4, -0.2) is 15.2 Å². The number of hydrogen-bond donors (Lipinski definition) is 1. The smallest absolute Gasteiger partial charge is 0.257 e. The first-order valence-corrected chi connectivity index (χ1v) is 5.75. The van der Waals surface area contributed by atoms with Crippen LogP contribution in [0.25, 0.3) is 11.5 Å². The van der Waals surface area contributed by atoms with Crippen molar-refractivity contribution in [1.82, 2.24) is 10.1 Å². The van der Waals surface area contributed by atoms with Gasteiger partial charge in [-0.1, -0.05) is 30.6 Å². The number of rotatable bonds is 3. The monoisotopic (exact) mass is 252 g/mol. The van der Waals surface area contributed by atoms with E-state index in [2.05, 4.69) is 24.0 Å². The molecule has 0 unspecified atom stereocenters. The lowest BCUT2D eigenvalue weighted by molar-refractivity contribution is 0.417. The summed E-state index contributed by atoms with van der Waals surface area (Å²) in [5.74, 6) is 1.61. The molecule has 90 valence electrons. The summed E-state index contributed by atoms with van der Waals surface area (Å²) in [6, 6.07) is 4.79. The van der Waals surface area contributed by atoms with Gasteiger partial charge < -0.3 is 9.63 Å². The first-order valence-electron chi connectivity index (χ1n) is 5.37. The number of halogens is 1. The van der Waals surface area contributed by atoms with E-state index in [-0.39, 0.29) is 10.8 Å². The molecule has 1 heterocycles. The first-order chi connectivity index (χ1) is 8.06. The van der Waals surface area contributed by atoms with Crippen molar-refractivity contribution in [3.63, 3.8) is 0 Å². The Morgan fingerprint density at radius 1 is 1.41 bits per heavy atom. The highest BCUT2D eigenvalue weighted by Crippen LogP contribution is 2.28. The summed E-state index contributed by atoms with van der Waals surface area (Å²) in [5.41, 5.74) is 0.704. The van der Waals surface area contributed by atoms with E-state index in [4.69, 9.17) is 16.1 Å². The second kappa shape index (κ2) is 4.75. The standard InChI is InChI=1S/C12H13ClN2O2/c1-7(2)5-11-14-12(17-15-11)8-3-4-10(16)9(13)6-8/h3-4,6-7,16H,5H2,1-2H3. The molecule has 0 aliphatic carbocycles. The minimum absolute atomic E-state index is 0.0392. The molecule has 2 rings (SSSR count). The van der Waals surface area contributed by atoms with Gasteiger partial charge in [-0.25, -0.2) is 0 Å². The van der Waals surface area contributed by atoms with Crippen LogP contribution in [0.3, 0.4) is 0 Å². The van der Waals surface area contributed by atoms with Crippen LogP contribution < -0.4 is 0 Å². The van der Waals surface area contributed by atoms with E-state index in [1.807, 2.05) is 0 Å². The van der Waals surface area contributed by atoms with E-state index in [0.29, 0.717) is 23.2 Å². The Morgan fingerprint density at radius 3 is 2.82 bits per heavy atom. The van der Waals surface area contributed by atoms with Gasteiger partial charge in [-0.2, -0.15) is 4.98 Å². The lowest BCUT2D eigenvalue weighted by Crippen LogP contribution is -1.95. The largest absolute Gasteiger partial charge is 0.506 e. The average molecular weight is 253 g/mol. The predicted molar refractivity (Wildman–Crippen MR) is 65.0 cm³/mol. The fourth-order valence-corrected chi connectivity index (χ4v) is 1.64. The predicted octanol–water partition coefficient (Wildman–Crippen LogP) is 3.29. The van der Waals surface area contributed by atoms with Gasteiger partial charge in [0.25, 0.3) is 5.89 Å². The normalized spacial score (nSPS) is 11.1. The van der Waals surface area contributed by atoms with Gasteiger partial charge in [0.2, 0.25) is 0 Å². The fourth-order valence-electron chi connectivity index (χ4n) is 1.46. The number of hydrogen-bond acceptors (Lipinski definition) is 4. The molecule has 0 bridgehead atoms. The Hall–Kier alpha value is -1.55. The third-order valence-electron chi connectivity index (χ3n) is 2.25. The lowest BCUT2D eigenvalue weighted by atomic mass is 10.1. The zero-order chi connectivity index (χ0) is 12.4. The lowest BCUT2D eigenvalue weighted by Gasteiger charge is -1.98. The molecule has 2 aromatic rings. The molecule has 0 fully saturated rings. The minimum Gasteiger partial charge on any atom is -0.506 e. The van der Waals surface area contributed by atoms with E-state index in [1.54, 1.807) is 12.1 Å². The zero-order valence-electron chi connectivity index (χ0n) is 9.64. The molecule has 1 aromatic carbocycles. The highest BCUT2D eigenvalue weighted by Gasteiger charge is 2.11. The Bertz CT molecular complexity index is 523. The summed E-state index contributed by atoms with van der Waals surface area (Å²) < 4.78 is 5.15. The molecule has 0 radical (unpaired) electrons. The summed E-state index contributed by atoms with van der Waals surface area (Å²) in [6.45, 7) is 4.18. The van der Waals surface area contributed by atoms with Gasteiger partial charge in [0.05, 0.1) is 5.02 Å². The quantitative estimate of drug-likeness (QED) is 0.911. The van der Waals surface area contributed by atoms with Crippen molar-refractivity contribution in [3.05, 3.63) is 29.0 Å². The molecule has 1 N–H and O–H groups in total. The van der Waals surface area contributed by atoms with Gasteiger partial charge in [0, 0.05) is 12.0 Å². The first kappa shape index (κ1) is 11.9. The van der Waals surface area contributed by atoms with Crippen LogP contribution in [0.1, 0.15) is 19.7 Å². The van der Waals surface area contributed by atoms with Crippen molar-refractivity contribution in [2.45, 2.75) is 20.3 Å². The van der Waals surface area contributed by atoms with E-state index in [0.717, 1.165) is 6.42 Å². The highest BCUT2D eigenvalue weighted by molar-refractivity contribution is 6.32. The highest BCUT2D eigenvalue weighted by atomic mass is 35.5. The number of phenolic OH excluding ortho intramolecular Hbond substituents is 1. The van der Waals surface area contributed by atoms with Crippen LogP contribution in [0.5, 0.6) is 5.75 Å². The summed E-state index contributed by atoms with van der Waals surface area (Å²) in [6.07, 6.45) is 0.773. The summed E-state index contributed by atoms with van der Waals surface area (Å²) >= 11 is 5.82. The van der Waals surface area contributed by atoms with Crippen molar-refractivity contribution in [3.8, 4) is 17.2 Å². The summed E-state index contributed by atoms with van der Waals surface area (Å²) in [5, 5.41) is 13.5. The van der Waals surface area contributed by atoms with E-state index < -0.39 is 0 Å². The maximum atomic E-state index is 9.32. The minimum atomic E-state index is 0.0392. The van der Waals surface area contributed by atoms with Crippen LogP contribution in [0.2, 0.25) is 5.02 Å². The molecule has 0 spiro atoms. The zero-order valence-corrected chi connectivity index (χ0v) is 10.4. The summed E-state index contributed by atoms with van der Waals surface area (Å²) in [7, 11) is 0. The summed E-state index contributed by atoms with van der Waals surface area (Å²) in [4.78, 5) is 4.27. The number of aromatic hydroxyl groups is 1. The van der Waals surface area contributed by atoms with Crippen molar-refractivity contribution in [2.75, 3.05) is 0 Å². The Balaban J connectivity index is 2.27. The average Bonchev–Trinajstić information content (AvgIpc) is 2.69. The molecule has 0 aliphatic heterocycles. The van der Waals surface area contributed by atoms with Crippen molar-refractivity contribution in [2.24, 2.45) is 5.92 Å². The maximum absolute atomic E-state index is 9.32. The SMILES string of the molecule is CC(C)Cc1noc(-c2ccc(O)c(Cl)c2)n1. The van der Waals surface area contributed by atoms with Crippen molar-refractivity contribution >= 4 is 11.6 Å². The maximum Gasteiger partial charge on any atom is 0.257 e. The van der Waals surface area contributed by atoms with Crippen molar-refractivity contribution in [1.29, 1.82) is 0 Å². The number of benzene rings is 1. The van der Waals surface area contributed by atoms with E-state index in [1.165, 1.54) is 6.07 Å². The molecule has 0 amide bonds. The topological polar surface area (TPSA) is 59.2 Å². The Labute approximate surface area is 104 Å². The molecule has 0 atom stereocenters. The Kier molecular flexibility index (Phi) is 3.33. The molecule has 0 saturated carbocycles. The molecule has 0 saturated heterocycles. The van der Waals surface area contributed by atoms with E-state index in [9.17, 15) is 5.11 Å². The molecule has 0 aliphatic rings. The van der Waals surface area contributed by atoms with Gasteiger partial charge in [-0.05, 0) is 24.1 Å². The van der Waals surface area contributed by atoms with Gasteiger partial charge in [-0.3, -0.25) is 0 Å². The third kappa shape index (κ3) is 2.77. The second-order valence-corrected chi connectivity index (χ2v) is 4.69. The molecule has 4 nitrogen and oxygen atoms in total. The third-order valence-corrected chi connectivity index (χ3v) is 2.56. The molecule has 5 heteroatoms. The van der Waals surface area contributed by atoms with Crippen LogP contribution >= 0.6 is 11.6 Å². The fraction of sp³-hybridized carbons (Fsp3) is 0.333. The van der Waals surface area contributed by atoms with Crippen LogP contribution in [0, 0.1) is 5.92 Å². The van der Waals surface area contributed by atoms with Gasteiger partial charge in [0.15, 0.2) is 5.82 Å². The second-order valence-electron chi connectivity index (χ2n) is 4.28.